The van der Waals surface area contributed by atoms with E-state index in [1.165, 1.54) is 0 Å². The summed E-state index contributed by atoms with van der Waals surface area (Å²) in [6.07, 6.45) is 2.01. The largest absolute Gasteiger partial charge is 0.337 e. The second-order valence-corrected chi connectivity index (χ2v) is 5.48. The number of carbonyl (C=O) groups excluding carboxylic acids is 1. The van der Waals surface area contributed by atoms with Gasteiger partial charge in [0.2, 0.25) is 0 Å². The fourth-order valence-corrected chi connectivity index (χ4v) is 2.75. The average molecular weight is 264 g/mol. The van der Waals surface area contributed by atoms with Crippen molar-refractivity contribution in [2.24, 2.45) is 11.7 Å². The Bertz CT molecular complexity index is 444. The molecule has 1 fully saturated rings. The fraction of sp³-hybridized carbons (Fsp3) is 0.714. The maximum absolute atomic E-state index is 12.5. The van der Waals surface area contributed by atoms with E-state index in [1.54, 1.807) is 4.68 Å². The van der Waals surface area contributed by atoms with E-state index < -0.39 is 0 Å². The van der Waals surface area contributed by atoms with Crippen LogP contribution in [0.3, 0.4) is 0 Å². The minimum atomic E-state index is 0.102. The van der Waals surface area contributed by atoms with Gasteiger partial charge in [0.25, 0.3) is 5.91 Å². The van der Waals surface area contributed by atoms with E-state index in [1.807, 2.05) is 24.8 Å². The summed E-state index contributed by atoms with van der Waals surface area (Å²) in [4.78, 5) is 14.4. The number of aromatic nitrogens is 2. The van der Waals surface area contributed by atoms with Crippen molar-refractivity contribution < 1.29 is 4.79 Å². The van der Waals surface area contributed by atoms with Gasteiger partial charge in [-0.25, -0.2) is 0 Å². The number of likely N-dealkylation sites (tertiary alicyclic amines) is 1. The minimum Gasteiger partial charge on any atom is -0.337 e. The first kappa shape index (κ1) is 14.1. The van der Waals surface area contributed by atoms with Gasteiger partial charge in [0, 0.05) is 25.7 Å². The summed E-state index contributed by atoms with van der Waals surface area (Å²) in [5.41, 5.74) is 7.54. The van der Waals surface area contributed by atoms with E-state index in [-0.39, 0.29) is 11.9 Å². The molecule has 1 unspecified atom stereocenters. The lowest BCUT2D eigenvalue weighted by Crippen LogP contribution is -2.43. The predicted molar refractivity (Wildman–Crippen MR) is 74.9 cm³/mol. The van der Waals surface area contributed by atoms with Crippen LogP contribution in [0.2, 0.25) is 0 Å². The van der Waals surface area contributed by atoms with E-state index in [2.05, 4.69) is 12.0 Å². The van der Waals surface area contributed by atoms with Crippen LogP contribution in [0.1, 0.15) is 42.9 Å². The average Bonchev–Trinajstić information content (AvgIpc) is 2.79. The lowest BCUT2D eigenvalue weighted by molar-refractivity contribution is 0.0668. The molecule has 1 aromatic heterocycles. The molecule has 0 bridgehead atoms. The molecule has 0 aromatic carbocycles. The standard InChI is InChI=1S/C14H24N4O/c1-4-18-13(9-10(2)16-18)14(19)17-7-5-12(6-8-17)11(3)15/h9,11-12H,4-8,15H2,1-3H3. The normalized spacial score (nSPS) is 18.6. The number of nitrogens with zero attached hydrogens (tertiary/aromatic N) is 3. The molecule has 0 aliphatic carbocycles. The number of hydrogen-bond acceptors (Lipinski definition) is 3. The smallest absolute Gasteiger partial charge is 0.272 e. The van der Waals surface area contributed by atoms with Gasteiger partial charge in [0.05, 0.1) is 5.69 Å². The Labute approximate surface area is 114 Å². The molecule has 2 heterocycles. The van der Waals surface area contributed by atoms with Crippen molar-refractivity contribution in [3.63, 3.8) is 0 Å². The van der Waals surface area contributed by atoms with Gasteiger partial charge in [-0.05, 0) is 45.6 Å². The van der Waals surface area contributed by atoms with Crippen molar-refractivity contribution in [2.75, 3.05) is 13.1 Å². The van der Waals surface area contributed by atoms with Gasteiger partial charge >= 0.3 is 0 Å². The molecule has 0 saturated carbocycles. The number of aryl methyl sites for hydroxylation is 2. The number of piperidine rings is 1. The quantitative estimate of drug-likeness (QED) is 0.897. The molecule has 1 amide bonds. The minimum absolute atomic E-state index is 0.102. The van der Waals surface area contributed by atoms with E-state index >= 15 is 0 Å². The fourth-order valence-electron chi connectivity index (χ4n) is 2.75. The highest BCUT2D eigenvalue weighted by atomic mass is 16.2. The van der Waals surface area contributed by atoms with Gasteiger partial charge < -0.3 is 10.6 Å². The van der Waals surface area contributed by atoms with E-state index in [0.29, 0.717) is 11.6 Å². The molecule has 2 rings (SSSR count). The Balaban J connectivity index is 2.05. The number of rotatable bonds is 3. The highest BCUT2D eigenvalue weighted by molar-refractivity contribution is 5.92. The second kappa shape index (κ2) is 5.74. The summed E-state index contributed by atoms with van der Waals surface area (Å²) in [7, 11) is 0. The third kappa shape index (κ3) is 2.97. The van der Waals surface area contributed by atoms with Crippen LogP contribution in [-0.4, -0.2) is 39.7 Å². The molecule has 0 radical (unpaired) electrons. The van der Waals surface area contributed by atoms with Crippen LogP contribution < -0.4 is 5.73 Å². The molecular formula is C14H24N4O. The van der Waals surface area contributed by atoms with Gasteiger partial charge in [-0.2, -0.15) is 5.10 Å². The molecule has 5 heteroatoms. The summed E-state index contributed by atoms with van der Waals surface area (Å²) >= 11 is 0. The molecule has 19 heavy (non-hydrogen) atoms. The van der Waals surface area contributed by atoms with Gasteiger partial charge in [-0.1, -0.05) is 0 Å². The van der Waals surface area contributed by atoms with Crippen LogP contribution in [0, 0.1) is 12.8 Å². The van der Waals surface area contributed by atoms with E-state index in [0.717, 1.165) is 38.2 Å². The molecule has 106 valence electrons. The van der Waals surface area contributed by atoms with Crippen molar-refractivity contribution >= 4 is 5.91 Å². The number of nitrogens with two attached hydrogens (primary N) is 1. The molecule has 5 nitrogen and oxygen atoms in total. The van der Waals surface area contributed by atoms with Crippen LogP contribution in [0.15, 0.2) is 6.07 Å². The van der Waals surface area contributed by atoms with Crippen LogP contribution >= 0.6 is 0 Å². The highest BCUT2D eigenvalue weighted by Crippen LogP contribution is 2.21. The van der Waals surface area contributed by atoms with Gasteiger partial charge in [0.15, 0.2) is 0 Å². The van der Waals surface area contributed by atoms with E-state index in [9.17, 15) is 4.79 Å². The van der Waals surface area contributed by atoms with Gasteiger partial charge in [0.1, 0.15) is 5.69 Å². The Morgan fingerprint density at radius 1 is 1.53 bits per heavy atom. The molecule has 1 aromatic rings. The van der Waals surface area contributed by atoms with Crippen molar-refractivity contribution in [3.05, 3.63) is 17.5 Å². The number of amides is 1. The zero-order chi connectivity index (χ0) is 14.0. The predicted octanol–water partition coefficient (Wildman–Crippen LogP) is 1.41. The van der Waals surface area contributed by atoms with Crippen LogP contribution in [0.4, 0.5) is 0 Å². The molecule has 1 saturated heterocycles. The monoisotopic (exact) mass is 264 g/mol. The Morgan fingerprint density at radius 3 is 2.68 bits per heavy atom. The maximum Gasteiger partial charge on any atom is 0.272 e. The third-order valence-electron chi connectivity index (χ3n) is 3.99. The SMILES string of the molecule is CCn1nc(C)cc1C(=O)N1CCC(C(C)N)CC1. The van der Waals surface area contributed by atoms with E-state index in [4.69, 9.17) is 5.73 Å². The van der Waals surface area contributed by atoms with Gasteiger partial charge in [-0.15, -0.1) is 0 Å². The Kier molecular flexibility index (Phi) is 4.24. The highest BCUT2D eigenvalue weighted by Gasteiger charge is 2.27. The van der Waals surface area contributed by atoms with Gasteiger partial charge in [-0.3, -0.25) is 9.48 Å². The number of carbonyl (C=O) groups is 1. The summed E-state index contributed by atoms with van der Waals surface area (Å²) < 4.78 is 1.79. The summed E-state index contributed by atoms with van der Waals surface area (Å²) in [6.45, 7) is 8.32. The molecule has 1 aliphatic heterocycles. The zero-order valence-corrected chi connectivity index (χ0v) is 12.1. The number of hydrogen-bond donors (Lipinski definition) is 1. The van der Waals surface area contributed by atoms with Crippen molar-refractivity contribution in [2.45, 2.75) is 46.2 Å². The molecule has 1 atom stereocenters. The molecule has 0 spiro atoms. The van der Waals surface area contributed by atoms with Crippen molar-refractivity contribution in [1.82, 2.24) is 14.7 Å². The first-order valence-electron chi connectivity index (χ1n) is 7.12. The summed E-state index contributed by atoms with van der Waals surface area (Å²) in [5.74, 6) is 0.646. The lowest BCUT2D eigenvalue weighted by Gasteiger charge is -2.33. The summed E-state index contributed by atoms with van der Waals surface area (Å²) in [5, 5.41) is 4.34. The maximum atomic E-state index is 12.5. The third-order valence-corrected chi connectivity index (χ3v) is 3.99. The zero-order valence-electron chi connectivity index (χ0n) is 12.1. The van der Waals surface area contributed by atoms with Crippen LogP contribution in [0.25, 0.3) is 0 Å². The first-order chi connectivity index (χ1) is 9.02. The molecule has 2 N–H and O–H groups in total. The summed E-state index contributed by atoms with van der Waals surface area (Å²) in [6, 6.07) is 2.10. The Morgan fingerprint density at radius 2 is 2.16 bits per heavy atom. The lowest BCUT2D eigenvalue weighted by atomic mass is 9.91. The van der Waals surface area contributed by atoms with Crippen molar-refractivity contribution in [1.29, 1.82) is 0 Å². The van der Waals surface area contributed by atoms with Crippen LogP contribution in [0.5, 0.6) is 0 Å². The molecular weight excluding hydrogens is 240 g/mol. The molecule has 1 aliphatic rings. The Hall–Kier alpha value is -1.36. The van der Waals surface area contributed by atoms with Crippen molar-refractivity contribution in [3.8, 4) is 0 Å². The topological polar surface area (TPSA) is 64.2 Å². The van der Waals surface area contributed by atoms with Crippen LogP contribution in [-0.2, 0) is 6.54 Å². The first-order valence-corrected chi connectivity index (χ1v) is 7.12. The second-order valence-electron chi connectivity index (χ2n) is 5.48.